The van der Waals surface area contributed by atoms with E-state index in [2.05, 4.69) is 18.0 Å². The van der Waals surface area contributed by atoms with Gasteiger partial charge in [0.15, 0.2) is 0 Å². The van der Waals surface area contributed by atoms with E-state index >= 15 is 0 Å². The number of anilines is 1. The van der Waals surface area contributed by atoms with Gasteiger partial charge in [-0.05, 0) is 40.2 Å². The third-order valence-electron chi connectivity index (χ3n) is 2.98. The fourth-order valence-corrected chi connectivity index (χ4v) is 1.81. The van der Waals surface area contributed by atoms with Crippen molar-refractivity contribution in [3.05, 3.63) is 30.5 Å². The van der Waals surface area contributed by atoms with Gasteiger partial charge in [-0.3, -0.25) is 4.79 Å². The number of carbonyl (C=O) groups is 1. The molecule has 1 aromatic heterocycles. The summed E-state index contributed by atoms with van der Waals surface area (Å²) in [6.07, 6.45) is 3.63. The molecule has 1 aromatic rings. The normalized spacial score (nSPS) is 12.5. The molecule has 0 saturated heterocycles. The number of hydrogen-bond donors (Lipinski definition) is 1. The molecule has 5 nitrogen and oxygen atoms in total. The van der Waals surface area contributed by atoms with Crippen LogP contribution in [0.2, 0.25) is 0 Å². The van der Waals surface area contributed by atoms with Crippen molar-refractivity contribution >= 4 is 11.7 Å². The Hall–Kier alpha value is -2.06. The van der Waals surface area contributed by atoms with Crippen molar-refractivity contribution in [3.8, 4) is 6.07 Å². The lowest BCUT2D eigenvalue weighted by Crippen LogP contribution is -2.31. The van der Waals surface area contributed by atoms with Gasteiger partial charge in [-0.2, -0.15) is 5.26 Å². The Kier molecular flexibility index (Phi) is 5.74. The van der Waals surface area contributed by atoms with Gasteiger partial charge in [-0.25, -0.2) is 0 Å². The van der Waals surface area contributed by atoms with Crippen LogP contribution in [0.5, 0.6) is 0 Å². The number of nitrogens with zero attached hydrogens (tertiary/aromatic N) is 2. The molecule has 0 unspecified atom stereocenters. The summed E-state index contributed by atoms with van der Waals surface area (Å²) in [4.78, 5) is 12.1. The summed E-state index contributed by atoms with van der Waals surface area (Å²) in [5.41, 5.74) is 0.283. The lowest BCUT2D eigenvalue weighted by molar-refractivity contribution is -0.126. The fourth-order valence-electron chi connectivity index (χ4n) is 1.81. The second-order valence-corrected chi connectivity index (χ2v) is 5.85. The van der Waals surface area contributed by atoms with E-state index in [-0.39, 0.29) is 11.4 Å². The molecular formula is C16H23N3O2. The summed E-state index contributed by atoms with van der Waals surface area (Å²) >= 11 is 0. The Bertz CT molecular complexity index is 547. The average molecular weight is 289 g/mol. The SMILES string of the molecule is C=CCCO[C@H](C)C(=O)Nc1cc(C#N)cn1C(C)(C)C. The fraction of sp³-hybridized carbons (Fsp3) is 0.500. The Labute approximate surface area is 126 Å². The highest BCUT2D eigenvalue weighted by Crippen LogP contribution is 2.24. The van der Waals surface area contributed by atoms with E-state index in [0.717, 1.165) is 0 Å². The topological polar surface area (TPSA) is 67.0 Å². The van der Waals surface area contributed by atoms with Gasteiger partial charge in [0.05, 0.1) is 12.2 Å². The second-order valence-electron chi connectivity index (χ2n) is 5.85. The molecule has 5 heteroatoms. The molecule has 0 fully saturated rings. The highest BCUT2D eigenvalue weighted by Gasteiger charge is 2.21. The molecule has 1 atom stereocenters. The quantitative estimate of drug-likeness (QED) is 0.646. The predicted octanol–water partition coefficient (Wildman–Crippen LogP) is 3.03. The molecule has 0 aliphatic heterocycles. The van der Waals surface area contributed by atoms with E-state index in [1.54, 1.807) is 25.3 Å². The molecule has 0 spiro atoms. The zero-order valence-corrected chi connectivity index (χ0v) is 13.1. The Balaban J connectivity index is 2.82. The van der Waals surface area contributed by atoms with Crippen LogP contribution >= 0.6 is 0 Å². The number of carbonyl (C=O) groups excluding carboxylic acids is 1. The second kappa shape index (κ2) is 7.09. The number of ether oxygens (including phenoxy) is 1. The van der Waals surface area contributed by atoms with Crippen molar-refractivity contribution in [1.82, 2.24) is 4.57 Å². The maximum absolute atomic E-state index is 12.1. The molecule has 1 heterocycles. The van der Waals surface area contributed by atoms with Crippen LogP contribution in [0.15, 0.2) is 24.9 Å². The zero-order chi connectivity index (χ0) is 16.0. The van der Waals surface area contributed by atoms with Crippen molar-refractivity contribution in [2.75, 3.05) is 11.9 Å². The van der Waals surface area contributed by atoms with E-state index < -0.39 is 6.10 Å². The Morgan fingerprint density at radius 2 is 2.29 bits per heavy atom. The number of amides is 1. The van der Waals surface area contributed by atoms with Crippen LogP contribution in [0.4, 0.5) is 5.82 Å². The van der Waals surface area contributed by atoms with E-state index in [1.165, 1.54) is 0 Å². The van der Waals surface area contributed by atoms with Crippen LogP contribution in [0.3, 0.4) is 0 Å². The first-order valence-electron chi connectivity index (χ1n) is 6.96. The van der Waals surface area contributed by atoms with E-state index in [1.807, 2.05) is 25.3 Å². The molecule has 1 N–H and O–H groups in total. The van der Waals surface area contributed by atoms with Crippen LogP contribution in [-0.4, -0.2) is 23.2 Å². The van der Waals surface area contributed by atoms with Gasteiger partial charge in [0.25, 0.3) is 5.91 Å². The Morgan fingerprint density at radius 1 is 1.62 bits per heavy atom. The first kappa shape index (κ1) is 17.0. The molecule has 0 aliphatic carbocycles. The molecule has 21 heavy (non-hydrogen) atoms. The van der Waals surface area contributed by atoms with E-state index in [9.17, 15) is 4.79 Å². The summed E-state index contributed by atoms with van der Waals surface area (Å²) in [7, 11) is 0. The van der Waals surface area contributed by atoms with Crippen molar-refractivity contribution < 1.29 is 9.53 Å². The van der Waals surface area contributed by atoms with Gasteiger partial charge in [0.1, 0.15) is 18.0 Å². The number of rotatable bonds is 6. The van der Waals surface area contributed by atoms with Gasteiger partial charge in [0, 0.05) is 11.7 Å². The van der Waals surface area contributed by atoms with Crippen molar-refractivity contribution in [3.63, 3.8) is 0 Å². The molecule has 0 aromatic carbocycles. The van der Waals surface area contributed by atoms with Crippen molar-refractivity contribution in [1.29, 1.82) is 5.26 Å². The lowest BCUT2D eigenvalue weighted by Gasteiger charge is -2.25. The number of aromatic nitrogens is 1. The number of nitrogens with one attached hydrogen (secondary N) is 1. The molecule has 1 rings (SSSR count). The average Bonchev–Trinajstić information content (AvgIpc) is 2.82. The van der Waals surface area contributed by atoms with Crippen molar-refractivity contribution in [2.45, 2.75) is 45.8 Å². The van der Waals surface area contributed by atoms with Gasteiger partial charge in [-0.15, -0.1) is 6.58 Å². The maximum Gasteiger partial charge on any atom is 0.254 e. The lowest BCUT2D eigenvalue weighted by atomic mass is 10.1. The third-order valence-corrected chi connectivity index (χ3v) is 2.98. The van der Waals surface area contributed by atoms with Crippen LogP contribution in [0.25, 0.3) is 0 Å². The van der Waals surface area contributed by atoms with Crippen LogP contribution in [-0.2, 0) is 15.1 Å². The van der Waals surface area contributed by atoms with Crippen LogP contribution < -0.4 is 5.32 Å². The van der Waals surface area contributed by atoms with Crippen LogP contribution in [0.1, 0.15) is 39.7 Å². The summed E-state index contributed by atoms with van der Waals surface area (Å²) < 4.78 is 7.29. The Morgan fingerprint density at radius 3 is 2.81 bits per heavy atom. The molecule has 0 radical (unpaired) electrons. The van der Waals surface area contributed by atoms with Gasteiger partial charge >= 0.3 is 0 Å². The summed E-state index contributed by atoms with van der Waals surface area (Å²) in [5, 5.41) is 11.8. The molecule has 1 amide bonds. The molecule has 0 bridgehead atoms. The molecule has 0 aliphatic rings. The predicted molar refractivity (Wildman–Crippen MR) is 83.0 cm³/mol. The van der Waals surface area contributed by atoms with Gasteiger partial charge in [0.2, 0.25) is 0 Å². The smallest absolute Gasteiger partial charge is 0.254 e. The number of hydrogen-bond acceptors (Lipinski definition) is 3. The highest BCUT2D eigenvalue weighted by molar-refractivity contribution is 5.93. The van der Waals surface area contributed by atoms with Crippen molar-refractivity contribution in [2.24, 2.45) is 0 Å². The van der Waals surface area contributed by atoms with E-state index in [4.69, 9.17) is 10.00 Å². The summed E-state index contributed by atoms with van der Waals surface area (Å²) in [6, 6.07) is 3.76. The minimum Gasteiger partial charge on any atom is -0.368 e. The van der Waals surface area contributed by atoms with Crippen LogP contribution in [0, 0.1) is 11.3 Å². The maximum atomic E-state index is 12.1. The minimum absolute atomic E-state index is 0.229. The highest BCUT2D eigenvalue weighted by atomic mass is 16.5. The summed E-state index contributed by atoms with van der Waals surface area (Å²) in [5.74, 6) is 0.371. The monoisotopic (exact) mass is 289 g/mol. The molecule has 0 saturated carbocycles. The number of nitriles is 1. The van der Waals surface area contributed by atoms with Gasteiger partial charge in [-0.1, -0.05) is 6.08 Å². The third kappa shape index (κ3) is 4.76. The standard InChI is InChI=1S/C16H23N3O2/c1-6-7-8-21-12(2)15(20)18-14-9-13(10-17)11-19(14)16(3,4)5/h6,9,11-12H,1,7-8H2,2-5H3,(H,18,20)/t12-/m1/s1. The minimum atomic E-state index is -0.557. The molecular weight excluding hydrogens is 266 g/mol. The first-order valence-corrected chi connectivity index (χ1v) is 6.96. The first-order chi connectivity index (χ1) is 9.79. The molecule has 114 valence electrons. The summed E-state index contributed by atoms with van der Waals surface area (Å²) in [6.45, 7) is 11.8. The van der Waals surface area contributed by atoms with E-state index in [0.29, 0.717) is 24.4 Å². The van der Waals surface area contributed by atoms with Gasteiger partial charge < -0.3 is 14.6 Å². The zero-order valence-electron chi connectivity index (χ0n) is 13.1. The largest absolute Gasteiger partial charge is 0.368 e.